The van der Waals surface area contributed by atoms with Crippen LogP contribution in [-0.2, 0) is 28.7 Å². The normalized spacial score (nSPS) is 29.5. The molecule has 5 N–H and O–H groups in total. The van der Waals surface area contributed by atoms with Gasteiger partial charge in [0.2, 0.25) is 0 Å². The molecule has 0 aromatic heterocycles. The number of aliphatic hydroxyl groups is 3. The SMILES string of the molecule is COC1=C(Br)[C@H](O)[C@]2(C=C1Br)CN=C(C(=O)NC[C@@H](O)C(=O)CNC(=O)C1=NO[C@]3(C=C(Br)C(OC)=C(Br)[C@@H]3O)C1)C2. The van der Waals surface area contributed by atoms with Crippen LogP contribution in [0.3, 0.4) is 0 Å². The molecule has 0 radical (unpaired) electrons. The minimum absolute atomic E-state index is 0.0692. The van der Waals surface area contributed by atoms with Gasteiger partial charge in [-0.1, -0.05) is 11.2 Å². The molecule has 4 rings (SSSR count). The first-order valence-electron chi connectivity index (χ1n) is 12.4. The number of amides is 2. The van der Waals surface area contributed by atoms with E-state index in [9.17, 15) is 29.7 Å². The van der Waals surface area contributed by atoms with Crippen molar-refractivity contribution in [3.63, 3.8) is 0 Å². The number of aliphatic imine (C=N–C) groups is 1. The lowest BCUT2D eigenvalue weighted by molar-refractivity contribution is -0.128. The standard InChI is InChI=1S/C25H26Br4N4O9/c1-40-18-10(26)3-24(20(36)16(18)28)5-12(32-9-24)22(38)30-7-14(34)15(35)8-31-23(39)13-6-25(42-33-13)4-11(27)19(41-2)17(29)21(25)37/h3-4,14,20-21,34,36-37H,5-9H2,1-2H3,(H,30,38)(H,31,39)/t14-,20+,21+,24+,25-/m1/s1. The molecule has 42 heavy (non-hydrogen) atoms. The van der Waals surface area contributed by atoms with Gasteiger partial charge in [-0.05, 0) is 69.8 Å². The molecule has 4 aliphatic rings. The van der Waals surface area contributed by atoms with Crippen LogP contribution in [0, 0.1) is 5.41 Å². The van der Waals surface area contributed by atoms with Crippen molar-refractivity contribution < 1.29 is 44.0 Å². The van der Waals surface area contributed by atoms with Crippen molar-refractivity contribution in [2.75, 3.05) is 33.9 Å². The summed E-state index contributed by atoms with van der Waals surface area (Å²) >= 11 is 13.4. The Kier molecular flexibility index (Phi) is 10.2. The van der Waals surface area contributed by atoms with E-state index in [1.54, 1.807) is 6.08 Å². The maximum atomic E-state index is 12.7. The number of Topliss-reactive ketones (excluding diaryl/α,β-unsaturated/α-hetero) is 1. The number of rotatable bonds is 9. The fourth-order valence-corrected chi connectivity index (χ4v) is 8.51. The van der Waals surface area contributed by atoms with Gasteiger partial charge in [0.15, 0.2) is 11.4 Å². The van der Waals surface area contributed by atoms with Crippen molar-refractivity contribution in [3.05, 3.63) is 41.6 Å². The molecule has 2 aliphatic carbocycles. The molecule has 2 spiro atoms. The van der Waals surface area contributed by atoms with E-state index >= 15 is 0 Å². The topological polar surface area (TPSA) is 188 Å². The largest absolute Gasteiger partial charge is 0.495 e. The van der Waals surface area contributed by atoms with Crippen LogP contribution < -0.4 is 10.6 Å². The molecule has 0 saturated carbocycles. The summed E-state index contributed by atoms with van der Waals surface area (Å²) in [7, 11) is 2.91. The number of carbonyl (C=O) groups excluding carboxylic acids is 3. The molecule has 0 fully saturated rings. The summed E-state index contributed by atoms with van der Waals surface area (Å²) in [5.74, 6) is -1.27. The predicted molar refractivity (Wildman–Crippen MR) is 164 cm³/mol. The zero-order valence-electron chi connectivity index (χ0n) is 22.1. The highest BCUT2D eigenvalue weighted by Crippen LogP contribution is 2.47. The number of methoxy groups -OCH3 is 2. The molecule has 0 unspecified atom stereocenters. The van der Waals surface area contributed by atoms with E-state index < -0.39 is 60.0 Å². The number of allylic oxidation sites excluding steroid dienone is 2. The summed E-state index contributed by atoms with van der Waals surface area (Å²) in [5.41, 5.74) is -2.15. The summed E-state index contributed by atoms with van der Waals surface area (Å²) in [6, 6.07) is 0. The first-order valence-corrected chi connectivity index (χ1v) is 15.5. The Labute approximate surface area is 273 Å². The third-order valence-corrected chi connectivity index (χ3v) is 9.92. The van der Waals surface area contributed by atoms with Crippen molar-refractivity contribution >= 4 is 92.7 Å². The maximum Gasteiger partial charge on any atom is 0.269 e. The number of aliphatic hydroxyl groups excluding tert-OH is 3. The summed E-state index contributed by atoms with van der Waals surface area (Å²) in [4.78, 5) is 47.5. The number of halogens is 4. The zero-order chi connectivity index (χ0) is 31.0. The number of nitrogens with zero attached hydrogens (tertiary/aromatic N) is 2. The van der Waals surface area contributed by atoms with Crippen LogP contribution in [0.25, 0.3) is 0 Å². The van der Waals surface area contributed by atoms with Crippen LogP contribution in [0.1, 0.15) is 12.8 Å². The molecule has 0 saturated heterocycles. The monoisotopic (exact) mass is 842 g/mol. The van der Waals surface area contributed by atoms with Gasteiger partial charge in [0.05, 0.1) is 51.8 Å². The third kappa shape index (κ3) is 6.19. The molecule has 0 aromatic carbocycles. The highest BCUT2D eigenvalue weighted by atomic mass is 79.9. The zero-order valence-corrected chi connectivity index (χ0v) is 28.5. The van der Waals surface area contributed by atoms with Gasteiger partial charge in [0.25, 0.3) is 11.8 Å². The van der Waals surface area contributed by atoms with Gasteiger partial charge in [0.1, 0.15) is 41.3 Å². The molecule has 17 heteroatoms. The number of carbonyl (C=O) groups is 3. The second-order valence-corrected chi connectivity index (χ2v) is 13.3. The number of nitrogens with one attached hydrogen (secondary N) is 2. The van der Waals surface area contributed by atoms with Crippen molar-refractivity contribution in [1.29, 1.82) is 0 Å². The fraction of sp³-hybridized carbons (Fsp3) is 0.480. The minimum atomic E-state index is -1.61. The van der Waals surface area contributed by atoms with Crippen molar-refractivity contribution in [2.45, 2.75) is 36.8 Å². The van der Waals surface area contributed by atoms with Gasteiger partial charge in [0, 0.05) is 18.3 Å². The van der Waals surface area contributed by atoms with Gasteiger partial charge in [-0.2, -0.15) is 0 Å². The minimum Gasteiger partial charge on any atom is -0.495 e. The predicted octanol–water partition coefficient (Wildman–Crippen LogP) is 1.31. The number of ketones is 1. The van der Waals surface area contributed by atoms with Crippen LogP contribution in [0.2, 0.25) is 0 Å². The molecule has 13 nitrogen and oxygen atoms in total. The summed E-state index contributed by atoms with van der Waals surface area (Å²) in [6.07, 6.45) is -0.512. The average molecular weight is 846 g/mol. The highest BCUT2D eigenvalue weighted by molar-refractivity contribution is 9.12. The summed E-state index contributed by atoms with van der Waals surface area (Å²) in [6.45, 7) is -0.816. The lowest BCUT2D eigenvalue weighted by Gasteiger charge is -2.35. The van der Waals surface area contributed by atoms with E-state index in [0.717, 1.165) is 0 Å². The Morgan fingerprint density at radius 1 is 0.976 bits per heavy atom. The second kappa shape index (κ2) is 13.0. The van der Waals surface area contributed by atoms with E-state index in [4.69, 9.17) is 14.3 Å². The first-order chi connectivity index (χ1) is 19.8. The number of ether oxygens (including phenoxy) is 2. The Bertz CT molecular complexity index is 1390. The second-order valence-electron chi connectivity index (χ2n) is 9.86. The van der Waals surface area contributed by atoms with Crippen LogP contribution in [0.4, 0.5) is 0 Å². The van der Waals surface area contributed by atoms with Gasteiger partial charge in [-0.15, -0.1) is 0 Å². The first kappa shape index (κ1) is 33.0. The van der Waals surface area contributed by atoms with Gasteiger partial charge < -0.3 is 40.3 Å². The Morgan fingerprint density at radius 3 is 2.21 bits per heavy atom. The lowest BCUT2D eigenvalue weighted by Crippen LogP contribution is -2.46. The Morgan fingerprint density at radius 2 is 1.57 bits per heavy atom. The van der Waals surface area contributed by atoms with E-state index in [2.05, 4.69) is 84.5 Å². The Balaban J connectivity index is 1.25. The van der Waals surface area contributed by atoms with E-state index in [1.807, 2.05) is 0 Å². The lowest BCUT2D eigenvalue weighted by atomic mass is 9.76. The molecular formula is C25H26Br4N4O9. The number of hydrogen-bond donors (Lipinski definition) is 5. The number of oxime groups is 1. The maximum absolute atomic E-state index is 12.7. The van der Waals surface area contributed by atoms with Gasteiger partial charge >= 0.3 is 0 Å². The smallest absolute Gasteiger partial charge is 0.269 e. The highest BCUT2D eigenvalue weighted by Gasteiger charge is 2.51. The molecule has 228 valence electrons. The van der Waals surface area contributed by atoms with Crippen LogP contribution in [-0.4, -0.2) is 102 Å². The molecular weight excluding hydrogens is 820 g/mol. The summed E-state index contributed by atoms with van der Waals surface area (Å²) in [5, 5.41) is 40.4. The molecule has 0 aromatic rings. The van der Waals surface area contributed by atoms with Crippen molar-refractivity contribution in [2.24, 2.45) is 15.6 Å². The van der Waals surface area contributed by atoms with Gasteiger partial charge in [-0.25, -0.2) is 0 Å². The molecule has 2 aliphatic heterocycles. The van der Waals surface area contributed by atoms with Crippen LogP contribution in [0.15, 0.2) is 51.7 Å². The molecule has 5 atom stereocenters. The quantitative estimate of drug-likeness (QED) is 0.228. The van der Waals surface area contributed by atoms with Crippen molar-refractivity contribution in [1.82, 2.24) is 10.6 Å². The van der Waals surface area contributed by atoms with Crippen molar-refractivity contribution in [3.8, 4) is 0 Å². The van der Waals surface area contributed by atoms with E-state index in [0.29, 0.717) is 29.4 Å². The molecule has 0 bridgehead atoms. The molecule has 2 amide bonds. The van der Waals surface area contributed by atoms with Crippen LogP contribution in [0.5, 0.6) is 0 Å². The average Bonchev–Trinajstić information content (AvgIpc) is 3.58. The molecule has 2 heterocycles. The number of hydrogen-bond acceptors (Lipinski definition) is 11. The third-order valence-electron chi connectivity index (χ3n) is 7.15. The van der Waals surface area contributed by atoms with Crippen LogP contribution >= 0.6 is 63.7 Å². The van der Waals surface area contributed by atoms with E-state index in [-0.39, 0.29) is 30.8 Å². The Hall–Kier alpha value is -1.89. The van der Waals surface area contributed by atoms with Gasteiger partial charge in [-0.3, -0.25) is 19.4 Å². The van der Waals surface area contributed by atoms with E-state index in [1.165, 1.54) is 20.3 Å². The summed E-state index contributed by atoms with van der Waals surface area (Å²) < 4.78 is 12.3. The fourth-order valence-electron chi connectivity index (χ4n) is 4.79.